The molecule has 0 aliphatic carbocycles. The van der Waals surface area contributed by atoms with E-state index in [0.717, 1.165) is 10.9 Å². The average Bonchev–Trinajstić information content (AvgIpc) is 3.11. The second-order valence-corrected chi connectivity index (χ2v) is 7.23. The molecule has 0 atom stereocenters. The summed E-state index contributed by atoms with van der Waals surface area (Å²) in [5.41, 5.74) is 1.57. The lowest BCUT2D eigenvalue weighted by Crippen LogP contribution is -2.18. The lowest BCUT2D eigenvalue weighted by Gasteiger charge is -2.16. The van der Waals surface area contributed by atoms with Crippen LogP contribution < -0.4 is 15.6 Å². The standard InChI is InChI=1S/C20H15Cl2FN4O2/c1-29-18-10-27(9-11-4-12(21)6-14(23)5-11)20(26-19(18)28)25-17-8-13(22)7-16-15(17)2-3-24-16/h2-8,10,24H,9H2,1H3,(H,25,26,28). The van der Waals surface area contributed by atoms with Crippen molar-refractivity contribution in [2.75, 3.05) is 12.4 Å². The molecule has 0 bridgehead atoms. The van der Waals surface area contributed by atoms with E-state index in [1.807, 2.05) is 6.07 Å². The van der Waals surface area contributed by atoms with E-state index in [4.69, 9.17) is 27.9 Å². The third-order valence-electron chi connectivity index (χ3n) is 4.34. The van der Waals surface area contributed by atoms with Gasteiger partial charge in [-0.2, -0.15) is 4.98 Å². The van der Waals surface area contributed by atoms with Crippen LogP contribution in [0.25, 0.3) is 10.9 Å². The van der Waals surface area contributed by atoms with Gasteiger partial charge in [0.1, 0.15) is 5.82 Å². The number of aromatic amines is 1. The van der Waals surface area contributed by atoms with Crippen LogP contribution in [-0.2, 0) is 6.54 Å². The number of halogens is 3. The van der Waals surface area contributed by atoms with Crippen molar-refractivity contribution in [2.24, 2.45) is 0 Å². The van der Waals surface area contributed by atoms with E-state index in [-0.39, 0.29) is 23.3 Å². The molecule has 6 nitrogen and oxygen atoms in total. The van der Waals surface area contributed by atoms with E-state index in [2.05, 4.69) is 15.3 Å². The van der Waals surface area contributed by atoms with E-state index < -0.39 is 11.4 Å². The fourth-order valence-electron chi connectivity index (χ4n) is 3.09. The number of hydrogen-bond donors (Lipinski definition) is 2. The molecule has 2 heterocycles. The van der Waals surface area contributed by atoms with E-state index in [1.165, 1.54) is 25.4 Å². The SMILES string of the molecule is COc1cn(Cc2cc(F)cc(Cl)c2)c(Nc2cc(Cl)cc3[nH]ccc23)nc1=O. The van der Waals surface area contributed by atoms with Gasteiger partial charge < -0.3 is 19.6 Å². The van der Waals surface area contributed by atoms with Crippen molar-refractivity contribution in [2.45, 2.75) is 6.54 Å². The maximum atomic E-state index is 13.8. The maximum Gasteiger partial charge on any atom is 0.316 e. The molecule has 2 aromatic heterocycles. The lowest BCUT2D eigenvalue weighted by atomic mass is 10.2. The number of nitrogens with one attached hydrogen (secondary N) is 2. The van der Waals surface area contributed by atoms with Gasteiger partial charge in [0.25, 0.3) is 0 Å². The quantitative estimate of drug-likeness (QED) is 0.466. The number of methoxy groups -OCH3 is 1. The molecule has 4 aromatic rings. The molecule has 4 rings (SSSR count). The number of aromatic nitrogens is 3. The molecule has 0 amide bonds. The molecule has 0 aliphatic heterocycles. The molecular formula is C20H15Cl2FN4O2. The lowest BCUT2D eigenvalue weighted by molar-refractivity contribution is 0.402. The fraction of sp³-hybridized carbons (Fsp3) is 0.100. The zero-order chi connectivity index (χ0) is 20.5. The summed E-state index contributed by atoms with van der Waals surface area (Å²) in [6.07, 6.45) is 3.30. The molecule has 29 heavy (non-hydrogen) atoms. The maximum absolute atomic E-state index is 13.8. The van der Waals surface area contributed by atoms with E-state index in [9.17, 15) is 9.18 Å². The summed E-state index contributed by atoms with van der Waals surface area (Å²) in [4.78, 5) is 19.4. The van der Waals surface area contributed by atoms with Crippen molar-refractivity contribution < 1.29 is 9.13 Å². The van der Waals surface area contributed by atoms with Gasteiger partial charge in [-0.15, -0.1) is 0 Å². The second-order valence-electron chi connectivity index (χ2n) is 6.36. The normalized spacial score (nSPS) is 11.0. The van der Waals surface area contributed by atoms with E-state index in [0.29, 0.717) is 16.3 Å². The largest absolute Gasteiger partial charge is 0.490 e. The Labute approximate surface area is 174 Å². The molecule has 148 valence electrons. The fourth-order valence-corrected chi connectivity index (χ4v) is 3.55. The number of fused-ring (bicyclic) bond motifs is 1. The zero-order valence-electron chi connectivity index (χ0n) is 15.2. The average molecular weight is 433 g/mol. The van der Waals surface area contributed by atoms with Gasteiger partial charge in [-0.1, -0.05) is 23.2 Å². The highest BCUT2D eigenvalue weighted by Crippen LogP contribution is 2.29. The van der Waals surface area contributed by atoms with Crippen molar-refractivity contribution >= 4 is 45.7 Å². The number of nitrogens with zero attached hydrogens (tertiary/aromatic N) is 2. The van der Waals surface area contributed by atoms with Crippen LogP contribution in [0.1, 0.15) is 5.56 Å². The molecule has 9 heteroatoms. The van der Waals surface area contributed by atoms with Gasteiger partial charge in [-0.25, -0.2) is 4.39 Å². The third-order valence-corrected chi connectivity index (χ3v) is 4.78. The number of hydrogen-bond acceptors (Lipinski definition) is 4. The summed E-state index contributed by atoms with van der Waals surface area (Å²) in [5.74, 6) is -0.135. The molecule has 0 saturated carbocycles. The number of anilines is 2. The Morgan fingerprint density at radius 2 is 2.00 bits per heavy atom. The van der Waals surface area contributed by atoms with Gasteiger partial charge in [-0.3, -0.25) is 4.79 Å². The minimum absolute atomic E-state index is 0.0657. The summed E-state index contributed by atoms with van der Waals surface area (Å²) in [6, 6.07) is 9.64. The van der Waals surface area contributed by atoms with Crippen molar-refractivity contribution in [1.82, 2.24) is 14.5 Å². The molecule has 0 saturated heterocycles. The first kappa shape index (κ1) is 19.3. The summed E-state index contributed by atoms with van der Waals surface area (Å²) in [7, 11) is 1.38. The molecule has 0 unspecified atom stereocenters. The highest BCUT2D eigenvalue weighted by molar-refractivity contribution is 6.32. The Balaban J connectivity index is 1.80. The smallest absolute Gasteiger partial charge is 0.316 e. The molecular weight excluding hydrogens is 418 g/mol. The Hall–Kier alpha value is -3.03. The van der Waals surface area contributed by atoms with Crippen LogP contribution in [0.5, 0.6) is 5.75 Å². The molecule has 2 aromatic carbocycles. The minimum Gasteiger partial charge on any atom is -0.490 e. The van der Waals surface area contributed by atoms with Crippen LogP contribution in [0.4, 0.5) is 16.0 Å². The first-order valence-electron chi connectivity index (χ1n) is 8.57. The Kier molecular flexibility index (Phi) is 5.17. The highest BCUT2D eigenvalue weighted by atomic mass is 35.5. The van der Waals surface area contributed by atoms with Gasteiger partial charge in [0.15, 0.2) is 0 Å². The van der Waals surface area contributed by atoms with Gasteiger partial charge in [0.2, 0.25) is 11.7 Å². The molecule has 0 aliphatic rings. The van der Waals surface area contributed by atoms with Gasteiger partial charge in [0, 0.05) is 27.1 Å². The summed E-state index contributed by atoms with van der Waals surface area (Å²) in [5, 5.41) is 4.82. The topological polar surface area (TPSA) is 71.9 Å². The van der Waals surface area contributed by atoms with Crippen molar-refractivity contribution in [1.29, 1.82) is 0 Å². The predicted molar refractivity (Wildman–Crippen MR) is 112 cm³/mol. The van der Waals surface area contributed by atoms with Gasteiger partial charge in [0.05, 0.1) is 25.5 Å². The number of rotatable bonds is 5. The van der Waals surface area contributed by atoms with Crippen LogP contribution in [0.15, 0.2) is 53.6 Å². The number of benzene rings is 2. The summed E-state index contributed by atoms with van der Waals surface area (Å²) >= 11 is 12.2. The Morgan fingerprint density at radius 3 is 2.76 bits per heavy atom. The number of ether oxygens (including phenoxy) is 1. The van der Waals surface area contributed by atoms with Crippen LogP contribution in [0.2, 0.25) is 10.0 Å². The molecule has 0 fully saturated rings. The van der Waals surface area contributed by atoms with Crippen LogP contribution in [0, 0.1) is 5.82 Å². The molecule has 0 spiro atoms. The van der Waals surface area contributed by atoms with Crippen LogP contribution in [0.3, 0.4) is 0 Å². The summed E-state index contributed by atoms with van der Waals surface area (Å²) < 4.78 is 20.5. The first-order chi connectivity index (χ1) is 13.9. The zero-order valence-corrected chi connectivity index (χ0v) is 16.7. The molecule has 0 radical (unpaired) electrons. The monoisotopic (exact) mass is 432 g/mol. The van der Waals surface area contributed by atoms with Gasteiger partial charge in [-0.05, 0) is 42.0 Å². The van der Waals surface area contributed by atoms with Crippen molar-refractivity contribution in [3.8, 4) is 5.75 Å². The van der Waals surface area contributed by atoms with Gasteiger partial charge >= 0.3 is 5.56 Å². The van der Waals surface area contributed by atoms with Crippen LogP contribution in [-0.4, -0.2) is 21.6 Å². The Bertz CT molecular complexity index is 1250. The highest BCUT2D eigenvalue weighted by Gasteiger charge is 2.13. The Morgan fingerprint density at radius 1 is 1.21 bits per heavy atom. The van der Waals surface area contributed by atoms with Crippen molar-refractivity contribution in [3.05, 3.63) is 80.6 Å². The minimum atomic E-state index is -0.532. The summed E-state index contributed by atoms with van der Waals surface area (Å²) in [6.45, 7) is 0.209. The first-order valence-corrected chi connectivity index (χ1v) is 9.32. The van der Waals surface area contributed by atoms with E-state index in [1.54, 1.807) is 29.0 Å². The third kappa shape index (κ3) is 4.06. The number of H-pyrrole nitrogens is 1. The van der Waals surface area contributed by atoms with Crippen LogP contribution >= 0.6 is 23.2 Å². The predicted octanol–water partition coefficient (Wildman–Crippen LogP) is 4.97. The second kappa shape index (κ2) is 7.77. The molecule has 2 N–H and O–H groups in total. The van der Waals surface area contributed by atoms with E-state index >= 15 is 0 Å². The van der Waals surface area contributed by atoms with Crippen molar-refractivity contribution in [3.63, 3.8) is 0 Å².